The van der Waals surface area contributed by atoms with E-state index in [2.05, 4.69) is 144 Å². The molecule has 2 heterocycles. The van der Waals surface area contributed by atoms with Crippen LogP contribution in [0.2, 0.25) is 0 Å². The lowest BCUT2D eigenvalue weighted by Gasteiger charge is -2.29. The molecule has 0 aliphatic carbocycles. The SMILES string of the molecule is c1ccc(-c2ccccc2N(c2ccc3c(c2)oc2ccccc23)c2cccc3c2ccc2cc4c(cc23)oc2ccccc24)cc1. The van der Waals surface area contributed by atoms with E-state index in [1.165, 1.54) is 16.2 Å². The fraction of sp³-hybridized carbons (Fsp3) is 0. The Morgan fingerprint density at radius 1 is 0.340 bits per heavy atom. The van der Waals surface area contributed by atoms with Crippen LogP contribution in [0.4, 0.5) is 17.1 Å². The van der Waals surface area contributed by atoms with Crippen molar-refractivity contribution in [1.82, 2.24) is 0 Å². The second-order valence-electron chi connectivity index (χ2n) is 12.1. The summed E-state index contributed by atoms with van der Waals surface area (Å²) in [6.45, 7) is 0. The Morgan fingerprint density at radius 2 is 0.957 bits per heavy atom. The van der Waals surface area contributed by atoms with Crippen molar-refractivity contribution in [1.29, 1.82) is 0 Å². The summed E-state index contributed by atoms with van der Waals surface area (Å²) in [5.41, 5.74) is 9.09. The van der Waals surface area contributed by atoms with Gasteiger partial charge in [0, 0.05) is 44.2 Å². The third-order valence-electron chi connectivity index (χ3n) is 9.44. The Balaban J connectivity index is 1.25. The zero-order valence-corrected chi connectivity index (χ0v) is 25.4. The molecule has 0 aliphatic heterocycles. The van der Waals surface area contributed by atoms with Crippen LogP contribution in [-0.2, 0) is 0 Å². The van der Waals surface area contributed by atoms with Crippen molar-refractivity contribution in [2.45, 2.75) is 0 Å². The van der Waals surface area contributed by atoms with Crippen molar-refractivity contribution in [2.75, 3.05) is 4.90 Å². The van der Waals surface area contributed by atoms with Crippen molar-refractivity contribution < 1.29 is 8.83 Å². The molecule has 0 saturated heterocycles. The second-order valence-corrected chi connectivity index (χ2v) is 12.1. The molecule has 2 aromatic heterocycles. The van der Waals surface area contributed by atoms with Crippen LogP contribution in [0.1, 0.15) is 0 Å². The lowest BCUT2D eigenvalue weighted by Crippen LogP contribution is -2.11. The molecular weight excluding hydrogens is 574 g/mol. The molecule has 3 nitrogen and oxygen atoms in total. The highest BCUT2D eigenvalue weighted by molar-refractivity contribution is 6.18. The number of furan rings is 2. The van der Waals surface area contributed by atoms with E-state index < -0.39 is 0 Å². The molecule has 0 N–H and O–H groups in total. The third kappa shape index (κ3) is 4.00. The van der Waals surface area contributed by atoms with E-state index in [1.54, 1.807) is 0 Å². The van der Waals surface area contributed by atoms with Gasteiger partial charge in [-0.15, -0.1) is 0 Å². The van der Waals surface area contributed by atoms with Gasteiger partial charge < -0.3 is 13.7 Å². The molecule has 0 spiro atoms. The van der Waals surface area contributed by atoms with Crippen LogP contribution in [0.25, 0.3) is 76.5 Å². The highest BCUT2D eigenvalue weighted by Crippen LogP contribution is 2.46. The predicted molar refractivity (Wildman–Crippen MR) is 196 cm³/mol. The van der Waals surface area contributed by atoms with Gasteiger partial charge in [0.2, 0.25) is 0 Å². The summed E-state index contributed by atoms with van der Waals surface area (Å²) in [6.07, 6.45) is 0. The molecule has 8 aromatic carbocycles. The summed E-state index contributed by atoms with van der Waals surface area (Å²) in [5.74, 6) is 0. The lowest BCUT2D eigenvalue weighted by molar-refractivity contribution is 0.669. The third-order valence-corrected chi connectivity index (χ3v) is 9.44. The van der Waals surface area contributed by atoms with E-state index in [-0.39, 0.29) is 0 Å². The first kappa shape index (κ1) is 26.0. The quantitative estimate of drug-likeness (QED) is 0.188. The number of anilines is 3. The minimum Gasteiger partial charge on any atom is -0.456 e. The first-order chi connectivity index (χ1) is 23.3. The molecular formula is C44H27NO2. The number of fused-ring (bicyclic) bond motifs is 9. The van der Waals surface area contributed by atoms with Crippen molar-refractivity contribution in [3.63, 3.8) is 0 Å². The first-order valence-electron chi connectivity index (χ1n) is 15.9. The average molecular weight is 602 g/mol. The lowest BCUT2D eigenvalue weighted by atomic mass is 9.97. The molecule has 0 aliphatic rings. The Labute approximate surface area is 270 Å². The Bertz CT molecular complexity index is 2810. The zero-order valence-electron chi connectivity index (χ0n) is 25.4. The van der Waals surface area contributed by atoms with Gasteiger partial charge >= 0.3 is 0 Å². The number of hydrogen-bond donors (Lipinski definition) is 0. The maximum Gasteiger partial charge on any atom is 0.137 e. The van der Waals surface area contributed by atoms with Crippen LogP contribution in [-0.4, -0.2) is 0 Å². The minimum absolute atomic E-state index is 0.865. The Morgan fingerprint density at radius 3 is 1.79 bits per heavy atom. The molecule has 0 amide bonds. The van der Waals surface area contributed by atoms with Gasteiger partial charge in [-0.05, 0) is 70.3 Å². The first-order valence-corrected chi connectivity index (χ1v) is 15.9. The van der Waals surface area contributed by atoms with Gasteiger partial charge in [-0.3, -0.25) is 0 Å². The van der Waals surface area contributed by atoms with Crippen LogP contribution < -0.4 is 4.90 Å². The highest BCUT2D eigenvalue weighted by atomic mass is 16.3. The molecule has 0 atom stereocenters. The number of hydrogen-bond acceptors (Lipinski definition) is 3. The van der Waals surface area contributed by atoms with Gasteiger partial charge in [-0.2, -0.15) is 0 Å². The monoisotopic (exact) mass is 601 g/mol. The molecule has 220 valence electrons. The van der Waals surface area contributed by atoms with E-state index in [4.69, 9.17) is 8.83 Å². The molecule has 3 heteroatoms. The minimum atomic E-state index is 0.865. The average Bonchev–Trinajstić information content (AvgIpc) is 3.69. The smallest absolute Gasteiger partial charge is 0.137 e. The van der Waals surface area contributed by atoms with Gasteiger partial charge in [0.15, 0.2) is 0 Å². The molecule has 10 aromatic rings. The van der Waals surface area contributed by atoms with E-state index in [9.17, 15) is 0 Å². The van der Waals surface area contributed by atoms with Crippen LogP contribution >= 0.6 is 0 Å². The van der Waals surface area contributed by atoms with Crippen molar-refractivity contribution in [3.8, 4) is 11.1 Å². The van der Waals surface area contributed by atoms with Crippen LogP contribution in [0, 0.1) is 0 Å². The number of nitrogens with zero attached hydrogens (tertiary/aromatic N) is 1. The van der Waals surface area contributed by atoms with Gasteiger partial charge in [-0.1, -0.05) is 109 Å². The fourth-order valence-corrected chi connectivity index (χ4v) is 7.28. The molecule has 47 heavy (non-hydrogen) atoms. The van der Waals surface area contributed by atoms with E-state index in [1.807, 2.05) is 24.3 Å². The summed E-state index contributed by atoms with van der Waals surface area (Å²) in [6, 6.07) is 57.9. The summed E-state index contributed by atoms with van der Waals surface area (Å²) < 4.78 is 12.7. The van der Waals surface area contributed by atoms with Gasteiger partial charge in [-0.25, -0.2) is 0 Å². The summed E-state index contributed by atoms with van der Waals surface area (Å²) in [7, 11) is 0. The molecule has 0 fully saturated rings. The normalized spacial score (nSPS) is 11.8. The second kappa shape index (κ2) is 10.1. The zero-order chi connectivity index (χ0) is 30.9. The number of rotatable bonds is 4. The molecule has 0 saturated carbocycles. The topological polar surface area (TPSA) is 29.5 Å². The van der Waals surface area contributed by atoms with Gasteiger partial charge in [0.05, 0.1) is 11.4 Å². The van der Waals surface area contributed by atoms with Crippen molar-refractivity contribution in [3.05, 3.63) is 164 Å². The molecule has 10 rings (SSSR count). The summed E-state index contributed by atoms with van der Waals surface area (Å²) >= 11 is 0. The summed E-state index contributed by atoms with van der Waals surface area (Å²) in [4.78, 5) is 2.38. The van der Waals surface area contributed by atoms with Crippen LogP contribution in [0.3, 0.4) is 0 Å². The van der Waals surface area contributed by atoms with E-state index in [0.29, 0.717) is 0 Å². The van der Waals surface area contributed by atoms with E-state index in [0.717, 1.165) is 77.5 Å². The van der Waals surface area contributed by atoms with Gasteiger partial charge in [0.1, 0.15) is 22.3 Å². The molecule has 0 radical (unpaired) electrons. The van der Waals surface area contributed by atoms with Crippen molar-refractivity contribution >= 4 is 82.5 Å². The van der Waals surface area contributed by atoms with E-state index >= 15 is 0 Å². The Hall–Kier alpha value is -6.32. The molecule has 0 unspecified atom stereocenters. The highest BCUT2D eigenvalue weighted by Gasteiger charge is 2.21. The predicted octanol–water partition coefficient (Wildman–Crippen LogP) is 12.9. The maximum atomic E-state index is 6.40. The van der Waals surface area contributed by atoms with Crippen LogP contribution in [0.5, 0.6) is 0 Å². The maximum absolute atomic E-state index is 6.40. The Kier molecular flexibility index (Phi) is 5.57. The largest absolute Gasteiger partial charge is 0.456 e. The molecule has 0 bridgehead atoms. The summed E-state index contributed by atoms with van der Waals surface area (Å²) in [5, 5.41) is 9.20. The number of benzene rings is 8. The van der Waals surface area contributed by atoms with Crippen LogP contribution in [0.15, 0.2) is 173 Å². The number of para-hydroxylation sites is 3. The standard InChI is InChI=1S/C44H27NO2/c1-2-11-28(12-3-1)31-13-4-7-17-39(31)45(30-22-24-36-34-14-5-8-19-41(34)46-43(36)26-30)40-18-10-16-32-33(40)23-21-29-25-38-35-15-6-9-20-42(35)47-44(38)27-37(29)32/h1-27H. The van der Waals surface area contributed by atoms with Gasteiger partial charge in [0.25, 0.3) is 0 Å². The van der Waals surface area contributed by atoms with Crippen molar-refractivity contribution in [2.24, 2.45) is 0 Å². The fourth-order valence-electron chi connectivity index (χ4n) is 7.28.